The van der Waals surface area contributed by atoms with E-state index in [1.807, 2.05) is 36.4 Å². The summed E-state index contributed by atoms with van der Waals surface area (Å²) >= 11 is 0. The molecule has 1 atom stereocenters. The van der Waals surface area contributed by atoms with Gasteiger partial charge in [0, 0.05) is 11.3 Å². The van der Waals surface area contributed by atoms with Gasteiger partial charge in [-0.1, -0.05) is 60.7 Å². The third-order valence-corrected chi connectivity index (χ3v) is 6.02. The molecule has 1 unspecified atom stereocenters. The van der Waals surface area contributed by atoms with Crippen molar-refractivity contribution in [2.24, 2.45) is 0 Å². The summed E-state index contributed by atoms with van der Waals surface area (Å²) in [6, 6.07) is 29.8. The maximum atomic E-state index is 13.5. The van der Waals surface area contributed by atoms with Crippen LogP contribution in [0, 0.1) is 5.82 Å². The summed E-state index contributed by atoms with van der Waals surface area (Å²) < 4.78 is 19.5. The second-order valence-corrected chi connectivity index (χ2v) is 8.36. The first-order valence-electron chi connectivity index (χ1n) is 11.4. The predicted octanol–water partition coefficient (Wildman–Crippen LogP) is 6.03. The zero-order valence-corrected chi connectivity index (χ0v) is 19.2. The van der Waals surface area contributed by atoms with Crippen LogP contribution in [-0.2, 0) is 16.2 Å². The summed E-state index contributed by atoms with van der Waals surface area (Å²) in [6.45, 7) is 0.346. The maximum absolute atomic E-state index is 13.5. The Hall–Kier alpha value is -4.71. The maximum Gasteiger partial charge on any atom is 0.300 e. The number of benzene rings is 4. The van der Waals surface area contributed by atoms with Crippen LogP contribution in [0.15, 0.2) is 115 Å². The van der Waals surface area contributed by atoms with Crippen molar-refractivity contribution < 1.29 is 23.8 Å². The van der Waals surface area contributed by atoms with E-state index in [0.717, 1.165) is 5.56 Å². The molecule has 5 rings (SSSR count). The molecule has 1 N–H and O–H groups in total. The number of carbonyl (C=O) groups is 2. The fourth-order valence-corrected chi connectivity index (χ4v) is 4.28. The first-order chi connectivity index (χ1) is 17.5. The quantitative estimate of drug-likeness (QED) is 0.208. The normalized spacial score (nSPS) is 16.8. The number of ether oxygens (including phenoxy) is 1. The van der Waals surface area contributed by atoms with Crippen molar-refractivity contribution in [2.75, 3.05) is 4.90 Å². The number of anilines is 1. The van der Waals surface area contributed by atoms with Gasteiger partial charge in [0.05, 0.1) is 11.6 Å². The van der Waals surface area contributed by atoms with Crippen LogP contribution < -0.4 is 9.64 Å². The molecule has 0 saturated carbocycles. The summed E-state index contributed by atoms with van der Waals surface area (Å²) in [6.07, 6.45) is 0. The molecule has 6 heteroatoms. The third-order valence-electron chi connectivity index (χ3n) is 6.02. The third kappa shape index (κ3) is 4.49. The molecule has 1 saturated heterocycles. The summed E-state index contributed by atoms with van der Waals surface area (Å²) in [5.74, 6) is -1.87. The summed E-state index contributed by atoms with van der Waals surface area (Å²) in [5, 5.41) is 11.1. The van der Waals surface area contributed by atoms with Gasteiger partial charge in [0.1, 0.15) is 23.9 Å². The largest absolute Gasteiger partial charge is 0.507 e. The fraction of sp³-hybridized carbons (Fsp3) is 0.0667. The second-order valence-electron chi connectivity index (χ2n) is 8.36. The molecule has 0 bridgehead atoms. The lowest BCUT2D eigenvalue weighted by atomic mass is 9.95. The molecule has 0 aromatic heterocycles. The van der Waals surface area contributed by atoms with Crippen LogP contribution in [0.25, 0.3) is 5.76 Å². The lowest BCUT2D eigenvalue weighted by molar-refractivity contribution is -0.132. The monoisotopic (exact) mass is 479 g/mol. The van der Waals surface area contributed by atoms with Gasteiger partial charge in [-0.05, 0) is 59.7 Å². The summed E-state index contributed by atoms with van der Waals surface area (Å²) in [4.78, 5) is 27.8. The molecule has 1 amide bonds. The highest BCUT2D eigenvalue weighted by molar-refractivity contribution is 6.51. The van der Waals surface area contributed by atoms with E-state index in [1.165, 1.54) is 29.2 Å². The predicted molar refractivity (Wildman–Crippen MR) is 135 cm³/mol. The van der Waals surface area contributed by atoms with E-state index in [0.29, 0.717) is 23.6 Å². The Bertz CT molecular complexity index is 1430. The first kappa shape index (κ1) is 23.1. The van der Waals surface area contributed by atoms with E-state index in [4.69, 9.17) is 4.74 Å². The number of amides is 1. The van der Waals surface area contributed by atoms with Crippen molar-refractivity contribution in [3.05, 3.63) is 137 Å². The molecule has 1 heterocycles. The number of carbonyl (C=O) groups excluding carboxylic acids is 2. The Labute approximate surface area is 207 Å². The second kappa shape index (κ2) is 9.88. The molecule has 178 valence electrons. The topological polar surface area (TPSA) is 66.8 Å². The highest BCUT2D eigenvalue weighted by Crippen LogP contribution is 2.42. The Morgan fingerprint density at radius 1 is 0.833 bits per heavy atom. The molecule has 1 aliphatic heterocycles. The van der Waals surface area contributed by atoms with Gasteiger partial charge in [-0.2, -0.15) is 0 Å². The van der Waals surface area contributed by atoms with E-state index >= 15 is 0 Å². The zero-order chi connectivity index (χ0) is 25.1. The van der Waals surface area contributed by atoms with Gasteiger partial charge >= 0.3 is 0 Å². The Morgan fingerprint density at radius 3 is 2.19 bits per heavy atom. The number of hydrogen-bond donors (Lipinski definition) is 1. The van der Waals surface area contributed by atoms with Gasteiger partial charge in [0.2, 0.25) is 0 Å². The summed E-state index contributed by atoms with van der Waals surface area (Å²) in [5.41, 5.74) is 2.26. The Kier molecular flexibility index (Phi) is 6.33. The number of Topliss-reactive ketones (excluding diaryl/α,β-unsaturated/α-hetero) is 1. The van der Waals surface area contributed by atoms with E-state index in [9.17, 15) is 19.1 Å². The highest BCUT2D eigenvalue weighted by atomic mass is 19.1. The van der Waals surface area contributed by atoms with Gasteiger partial charge in [-0.3, -0.25) is 14.5 Å². The first-order valence-corrected chi connectivity index (χ1v) is 11.4. The van der Waals surface area contributed by atoms with Crippen molar-refractivity contribution in [3.63, 3.8) is 0 Å². The van der Waals surface area contributed by atoms with Crippen LogP contribution >= 0.6 is 0 Å². The van der Waals surface area contributed by atoms with E-state index in [-0.39, 0.29) is 16.9 Å². The average Bonchev–Trinajstić information content (AvgIpc) is 3.19. The molecule has 4 aromatic carbocycles. The van der Waals surface area contributed by atoms with Gasteiger partial charge < -0.3 is 9.84 Å². The molecular weight excluding hydrogens is 457 g/mol. The molecule has 1 fully saturated rings. The van der Waals surface area contributed by atoms with Crippen LogP contribution in [0.4, 0.5) is 10.1 Å². The molecule has 0 radical (unpaired) electrons. The van der Waals surface area contributed by atoms with Crippen LogP contribution in [0.2, 0.25) is 0 Å². The molecule has 0 spiro atoms. The van der Waals surface area contributed by atoms with Gasteiger partial charge in [-0.25, -0.2) is 4.39 Å². The number of hydrogen-bond acceptors (Lipinski definition) is 4. The molecular formula is C30H22FNO4. The van der Waals surface area contributed by atoms with Crippen LogP contribution in [0.3, 0.4) is 0 Å². The van der Waals surface area contributed by atoms with E-state index in [2.05, 4.69) is 0 Å². The smallest absolute Gasteiger partial charge is 0.300 e. The molecule has 1 aliphatic rings. The minimum atomic E-state index is -0.905. The Balaban J connectivity index is 1.60. The number of halogens is 1. The number of nitrogens with zero attached hydrogens (tertiary/aromatic N) is 1. The number of aliphatic hydroxyl groups excluding tert-OH is 1. The minimum absolute atomic E-state index is 0.0735. The van der Waals surface area contributed by atoms with Crippen LogP contribution in [-0.4, -0.2) is 16.8 Å². The zero-order valence-electron chi connectivity index (χ0n) is 19.2. The number of rotatable bonds is 6. The van der Waals surface area contributed by atoms with Crippen molar-refractivity contribution in [1.82, 2.24) is 0 Å². The van der Waals surface area contributed by atoms with Crippen molar-refractivity contribution in [3.8, 4) is 5.75 Å². The fourth-order valence-electron chi connectivity index (χ4n) is 4.28. The van der Waals surface area contributed by atoms with Gasteiger partial charge in [0.15, 0.2) is 0 Å². The number of para-hydroxylation sites is 1. The SMILES string of the molecule is O=C1C(=O)N(c2ccccc2)C(c2cccc(OCc3ccccc3)c2)/C1=C(/O)c1ccc(F)cc1. The highest BCUT2D eigenvalue weighted by Gasteiger charge is 2.47. The lowest BCUT2D eigenvalue weighted by Crippen LogP contribution is -2.29. The molecule has 0 aliphatic carbocycles. The van der Waals surface area contributed by atoms with Crippen molar-refractivity contribution >= 4 is 23.1 Å². The van der Waals surface area contributed by atoms with Gasteiger partial charge in [0.25, 0.3) is 11.7 Å². The van der Waals surface area contributed by atoms with Crippen LogP contribution in [0.1, 0.15) is 22.7 Å². The number of aliphatic hydroxyl groups is 1. The average molecular weight is 480 g/mol. The molecule has 5 nitrogen and oxygen atoms in total. The van der Waals surface area contributed by atoms with Crippen molar-refractivity contribution in [1.29, 1.82) is 0 Å². The molecule has 4 aromatic rings. The molecule has 36 heavy (non-hydrogen) atoms. The van der Waals surface area contributed by atoms with Crippen molar-refractivity contribution in [2.45, 2.75) is 12.6 Å². The minimum Gasteiger partial charge on any atom is -0.507 e. The number of ketones is 1. The van der Waals surface area contributed by atoms with E-state index < -0.39 is 23.5 Å². The van der Waals surface area contributed by atoms with Crippen LogP contribution in [0.5, 0.6) is 5.75 Å². The lowest BCUT2D eigenvalue weighted by Gasteiger charge is -2.25. The standard InChI is InChI=1S/C30H22FNO4/c31-23-16-14-21(15-17-23)28(33)26-27(32(30(35)29(26)34)24-11-5-2-6-12-24)22-10-7-13-25(18-22)36-19-20-8-3-1-4-9-20/h1-18,27,33H,19H2/b28-26-. The summed E-state index contributed by atoms with van der Waals surface area (Å²) in [7, 11) is 0. The van der Waals surface area contributed by atoms with Gasteiger partial charge in [-0.15, -0.1) is 0 Å². The van der Waals surface area contributed by atoms with E-state index in [1.54, 1.807) is 48.5 Å². The Morgan fingerprint density at radius 2 is 1.50 bits per heavy atom.